The van der Waals surface area contributed by atoms with E-state index >= 15 is 0 Å². The van der Waals surface area contributed by atoms with Crippen molar-refractivity contribution in [2.75, 3.05) is 6.61 Å². The lowest BCUT2D eigenvalue weighted by atomic mass is 9.93. The van der Waals surface area contributed by atoms with Gasteiger partial charge in [-0.2, -0.15) is 0 Å². The quantitative estimate of drug-likeness (QED) is 0.269. The second-order valence-electron chi connectivity index (χ2n) is 8.72. The number of benzene rings is 1. The number of piperidine rings is 1. The predicted octanol–water partition coefficient (Wildman–Crippen LogP) is 6.64. The minimum absolute atomic E-state index is 0.0349. The van der Waals surface area contributed by atoms with E-state index < -0.39 is 0 Å². The molecule has 2 fully saturated rings. The summed E-state index contributed by atoms with van der Waals surface area (Å²) in [6.45, 7) is 3.30. The normalized spacial score (nSPS) is 23.7. The second kappa shape index (κ2) is 12.8. The molecule has 0 N–H and O–H groups in total. The number of rotatable bonds is 13. The molecule has 2 aliphatic rings. The molecule has 30 heavy (non-hydrogen) atoms. The summed E-state index contributed by atoms with van der Waals surface area (Å²) < 4.78 is 11.6. The van der Waals surface area contributed by atoms with Crippen molar-refractivity contribution >= 4 is 6.09 Å². The highest BCUT2D eigenvalue weighted by Gasteiger charge is 2.45. The van der Waals surface area contributed by atoms with Gasteiger partial charge < -0.3 is 9.47 Å². The van der Waals surface area contributed by atoms with Crippen molar-refractivity contribution in [2.45, 2.75) is 102 Å². The first-order valence-corrected chi connectivity index (χ1v) is 12.1. The topological polar surface area (TPSA) is 38.8 Å². The SMILES string of the molecule is CCCCCCCCCC/C=C\[C@H]1CC[C@@H](OCc2ccccc2)[C@@H]2COC(=O)N12. The first kappa shape index (κ1) is 22.9. The molecule has 0 bridgehead atoms. The van der Waals surface area contributed by atoms with Crippen molar-refractivity contribution in [2.24, 2.45) is 0 Å². The molecule has 2 saturated heterocycles. The Morgan fingerprint density at radius 2 is 1.77 bits per heavy atom. The standard InChI is InChI=1S/C26H39NO3/c1-2-3-4-5-6-7-8-9-10-14-17-23-18-19-25(24-21-30-26(28)27(23)24)29-20-22-15-12-11-13-16-22/h11-17,23-25H,2-10,18-21H2,1H3/b17-14-/t23-,24-,25+/m0/s1. The Bertz CT molecular complexity index is 645. The molecule has 0 spiro atoms. The average molecular weight is 414 g/mol. The highest BCUT2D eigenvalue weighted by molar-refractivity contribution is 5.71. The molecule has 166 valence electrons. The van der Waals surface area contributed by atoms with Gasteiger partial charge in [-0.15, -0.1) is 0 Å². The number of hydrogen-bond donors (Lipinski definition) is 0. The van der Waals surface area contributed by atoms with Gasteiger partial charge >= 0.3 is 6.09 Å². The van der Waals surface area contributed by atoms with Gasteiger partial charge in [-0.25, -0.2) is 4.79 Å². The van der Waals surface area contributed by atoms with Crippen molar-refractivity contribution in [3.63, 3.8) is 0 Å². The molecule has 0 unspecified atom stereocenters. The van der Waals surface area contributed by atoms with Gasteiger partial charge in [-0.05, 0) is 31.2 Å². The molecular formula is C26H39NO3. The van der Waals surface area contributed by atoms with E-state index in [-0.39, 0.29) is 24.3 Å². The minimum Gasteiger partial charge on any atom is -0.447 e. The third-order valence-electron chi connectivity index (χ3n) is 6.37. The summed E-state index contributed by atoms with van der Waals surface area (Å²) in [5, 5.41) is 0. The number of hydrogen-bond acceptors (Lipinski definition) is 3. The van der Waals surface area contributed by atoms with Crippen LogP contribution in [0.4, 0.5) is 4.79 Å². The summed E-state index contributed by atoms with van der Waals surface area (Å²) in [4.78, 5) is 14.3. The van der Waals surface area contributed by atoms with Gasteiger partial charge in [-0.3, -0.25) is 4.90 Å². The van der Waals surface area contributed by atoms with Crippen molar-refractivity contribution in [3.8, 4) is 0 Å². The third-order valence-corrected chi connectivity index (χ3v) is 6.37. The van der Waals surface area contributed by atoms with Crippen molar-refractivity contribution < 1.29 is 14.3 Å². The highest BCUT2D eigenvalue weighted by Crippen LogP contribution is 2.32. The summed E-state index contributed by atoms with van der Waals surface area (Å²) >= 11 is 0. The summed E-state index contributed by atoms with van der Waals surface area (Å²) in [5.41, 5.74) is 1.17. The van der Waals surface area contributed by atoms with Gasteiger partial charge in [0.1, 0.15) is 6.61 Å². The van der Waals surface area contributed by atoms with Crippen LogP contribution in [0.1, 0.15) is 83.1 Å². The maximum atomic E-state index is 12.3. The number of unbranched alkanes of at least 4 members (excludes halogenated alkanes) is 8. The second-order valence-corrected chi connectivity index (χ2v) is 8.72. The van der Waals surface area contributed by atoms with E-state index in [0.717, 1.165) is 19.3 Å². The van der Waals surface area contributed by atoms with E-state index in [1.165, 1.54) is 56.9 Å². The summed E-state index contributed by atoms with van der Waals surface area (Å²) in [5.74, 6) is 0. The maximum Gasteiger partial charge on any atom is 0.410 e. The lowest BCUT2D eigenvalue weighted by Crippen LogP contribution is -2.52. The number of allylic oxidation sites excluding steroid dienone is 1. The lowest BCUT2D eigenvalue weighted by molar-refractivity contribution is -0.0362. The molecule has 0 saturated carbocycles. The van der Waals surface area contributed by atoms with Gasteiger partial charge in [0.05, 0.1) is 24.8 Å². The zero-order valence-electron chi connectivity index (χ0n) is 18.6. The van der Waals surface area contributed by atoms with E-state index in [0.29, 0.717) is 13.2 Å². The van der Waals surface area contributed by atoms with Crippen molar-refractivity contribution in [1.29, 1.82) is 0 Å². The fraction of sp³-hybridized carbons (Fsp3) is 0.654. The molecule has 1 amide bonds. The molecule has 0 aliphatic carbocycles. The molecule has 1 aromatic carbocycles. The first-order chi connectivity index (χ1) is 14.8. The summed E-state index contributed by atoms with van der Waals surface area (Å²) in [6.07, 6.45) is 18.1. The number of amides is 1. The zero-order chi connectivity index (χ0) is 21.0. The fourth-order valence-corrected chi connectivity index (χ4v) is 4.59. The Labute approximate surface area is 182 Å². The Morgan fingerprint density at radius 3 is 2.53 bits per heavy atom. The number of carbonyl (C=O) groups excluding carboxylic acids is 1. The number of fused-ring (bicyclic) bond motifs is 1. The third kappa shape index (κ3) is 6.87. The monoisotopic (exact) mass is 413 g/mol. The Hall–Kier alpha value is -1.81. The smallest absolute Gasteiger partial charge is 0.410 e. The molecule has 3 atom stereocenters. The number of cyclic esters (lactones) is 1. The predicted molar refractivity (Wildman–Crippen MR) is 121 cm³/mol. The number of ether oxygens (including phenoxy) is 2. The van der Waals surface area contributed by atoms with Gasteiger partial charge in [0.15, 0.2) is 0 Å². The molecule has 1 aromatic rings. The summed E-state index contributed by atoms with van der Waals surface area (Å²) in [7, 11) is 0. The largest absolute Gasteiger partial charge is 0.447 e. The van der Waals surface area contributed by atoms with Crippen LogP contribution in [-0.2, 0) is 16.1 Å². The Kier molecular flexibility index (Phi) is 9.75. The molecule has 2 aliphatic heterocycles. The lowest BCUT2D eigenvalue weighted by Gasteiger charge is -2.39. The molecule has 0 aromatic heterocycles. The van der Waals surface area contributed by atoms with Crippen LogP contribution in [0.3, 0.4) is 0 Å². The van der Waals surface area contributed by atoms with Crippen LogP contribution in [0.2, 0.25) is 0 Å². The first-order valence-electron chi connectivity index (χ1n) is 12.1. The molecular weight excluding hydrogens is 374 g/mol. The van der Waals surface area contributed by atoms with E-state index in [9.17, 15) is 4.79 Å². The van der Waals surface area contributed by atoms with Gasteiger partial charge in [0.25, 0.3) is 0 Å². The Balaban J connectivity index is 1.38. The van der Waals surface area contributed by atoms with Crippen molar-refractivity contribution in [3.05, 3.63) is 48.0 Å². The van der Waals surface area contributed by atoms with Crippen LogP contribution < -0.4 is 0 Å². The maximum absolute atomic E-state index is 12.3. The van der Waals surface area contributed by atoms with Crippen LogP contribution in [0.25, 0.3) is 0 Å². The number of nitrogens with zero attached hydrogens (tertiary/aromatic N) is 1. The highest BCUT2D eigenvalue weighted by atomic mass is 16.6. The van der Waals surface area contributed by atoms with Crippen LogP contribution in [0, 0.1) is 0 Å². The molecule has 0 radical (unpaired) electrons. The van der Waals surface area contributed by atoms with Crippen LogP contribution >= 0.6 is 0 Å². The van der Waals surface area contributed by atoms with E-state index in [1.807, 2.05) is 23.1 Å². The Morgan fingerprint density at radius 1 is 1.03 bits per heavy atom. The summed E-state index contributed by atoms with van der Waals surface area (Å²) in [6, 6.07) is 10.4. The molecule has 3 rings (SSSR count). The van der Waals surface area contributed by atoms with Crippen LogP contribution in [0.15, 0.2) is 42.5 Å². The van der Waals surface area contributed by atoms with E-state index in [2.05, 4.69) is 31.2 Å². The minimum atomic E-state index is -0.185. The molecule has 2 heterocycles. The van der Waals surface area contributed by atoms with Crippen LogP contribution in [-0.4, -0.2) is 35.8 Å². The number of carbonyl (C=O) groups is 1. The average Bonchev–Trinajstić information content (AvgIpc) is 3.17. The van der Waals surface area contributed by atoms with E-state index in [1.54, 1.807) is 0 Å². The van der Waals surface area contributed by atoms with Crippen molar-refractivity contribution in [1.82, 2.24) is 4.90 Å². The van der Waals surface area contributed by atoms with Gasteiger partial charge in [0.2, 0.25) is 0 Å². The van der Waals surface area contributed by atoms with Crippen LogP contribution in [0.5, 0.6) is 0 Å². The zero-order valence-corrected chi connectivity index (χ0v) is 18.6. The molecule has 4 heteroatoms. The molecule has 4 nitrogen and oxygen atoms in total. The van der Waals surface area contributed by atoms with E-state index in [4.69, 9.17) is 9.47 Å². The fourth-order valence-electron chi connectivity index (χ4n) is 4.59. The van der Waals surface area contributed by atoms with Gasteiger partial charge in [-0.1, -0.05) is 94.4 Å². The van der Waals surface area contributed by atoms with Gasteiger partial charge in [0, 0.05) is 0 Å².